The monoisotopic (exact) mass is 362 g/mol. The van der Waals surface area contributed by atoms with Gasteiger partial charge >= 0.3 is 6.01 Å². The Bertz CT molecular complexity index is 597. The third-order valence-electron chi connectivity index (χ3n) is 2.04. The molecule has 0 atom stereocenters. The molecular weight excluding hydrogens is 355 g/mol. The molecule has 5 nitrogen and oxygen atoms in total. The van der Waals surface area contributed by atoms with E-state index in [1.54, 1.807) is 18.2 Å². The van der Waals surface area contributed by atoms with E-state index in [9.17, 15) is 0 Å². The molecule has 0 bridgehead atoms. The van der Waals surface area contributed by atoms with Crippen LogP contribution in [0.2, 0.25) is 10.3 Å². The Labute approximate surface area is 128 Å². The highest BCUT2D eigenvalue weighted by Crippen LogP contribution is 2.27. The summed E-state index contributed by atoms with van der Waals surface area (Å²) >= 11 is 15.1. The van der Waals surface area contributed by atoms with Crippen LogP contribution >= 0.6 is 39.1 Å². The van der Waals surface area contributed by atoms with Gasteiger partial charge in [-0.05, 0) is 52.7 Å². The van der Waals surface area contributed by atoms with Crippen molar-refractivity contribution in [2.75, 3.05) is 11.9 Å². The summed E-state index contributed by atoms with van der Waals surface area (Å²) in [5.74, 6) is 0.303. The number of halogens is 3. The molecule has 19 heavy (non-hydrogen) atoms. The Hall–Kier alpha value is -1.11. The maximum absolute atomic E-state index is 5.92. The number of rotatable bonds is 4. The van der Waals surface area contributed by atoms with Crippen molar-refractivity contribution in [3.63, 3.8) is 0 Å². The van der Waals surface area contributed by atoms with Gasteiger partial charge in [0.1, 0.15) is 0 Å². The average Bonchev–Trinajstić information content (AvgIpc) is 2.33. The number of aromatic nitrogens is 3. The largest absolute Gasteiger partial charge is 0.464 e. The van der Waals surface area contributed by atoms with E-state index < -0.39 is 0 Å². The summed E-state index contributed by atoms with van der Waals surface area (Å²) in [4.78, 5) is 11.9. The van der Waals surface area contributed by atoms with E-state index in [1.165, 1.54) is 0 Å². The number of hydrogen-bond acceptors (Lipinski definition) is 5. The molecule has 0 amide bonds. The van der Waals surface area contributed by atoms with Gasteiger partial charge < -0.3 is 10.1 Å². The van der Waals surface area contributed by atoms with Crippen molar-refractivity contribution >= 4 is 50.8 Å². The molecule has 0 unspecified atom stereocenters. The normalized spacial score (nSPS) is 10.3. The molecule has 1 aromatic heterocycles. The Balaban J connectivity index is 2.24. The fourth-order valence-corrected chi connectivity index (χ4v) is 1.93. The standard InChI is InChI=1S/C11H9BrCl2N4O/c1-2-19-11-17-9(14)16-10(18-11)15-6-3-4-8(13)7(12)5-6/h3-5H,2H2,1H3,(H,15,16,17,18). The molecule has 1 aromatic carbocycles. The van der Waals surface area contributed by atoms with Crippen LogP contribution in [0.3, 0.4) is 0 Å². The van der Waals surface area contributed by atoms with Crippen LogP contribution in [-0.2, 0) is 0 Å². The van der Waals surface area contributed by atoms with Crippen LogP contribution in [0, 0.1) is 0 Å². The lowest BCUT2D eigenvalue weighted by atomic mass is 10.3. The Morgan fingerprint density at radius 3 is 2.74 bits per heavy atom. The van der Waals surface area contributed by atoms with Crippen LogP contribution in [0.15, 0.2) is 22.7 Å². The van der Waals surface area contributed by atoms with Crippen molar-refractivity contribution < 1.29 is 4.74 Å². The lowest BCUT2D eigenvalue weighted by Gasteiger charge is -2.07. The van der Waals surface area contributed by atoms with Gasteiger partial charge in [-0.2, -0.15) is 15.0 Å². The molecule has 2 rings (SSSR count). The second kappa shape index (κ2) is 6.36. The molecule has 100 valence electrons. The summed E-state index contributed by atoms with van der Waals surface area (Å²) in [6.45, 7) is 2.29. The SMILES string of the molecule is CCOc1nc(Cl)nc(Nc2ccc(Cl)c(Br)c2)n1. The first kappa shape index (κ1) is 14.3. The van der Waals surface area contributed by atoms with Crippen molar-refractivity contribution in [1.82, 2.24) is 15.0 Å². The predicted octanol–water partition coefficient (Wildman–Crippen LogP) is 4.08. The number of anilines is 2. The summed E-state index contributed by atoms with van der Waals surface area (Å²) in [6, 6.07) is 5.53. The summed E-state index contributed by atoms with van der Waals surface area (Å²) < 4.78 is 5.96. The first-order chi connectivity index (χ1) is 9.08. The number of hydrogen-bond donors (Lipinski definition) is 1. The fourth-order valence-electron chi connectivity index (χ4n) is 1.28. The van der Waals surface area contributed by atoms with Crippen LogP contribution in [-0.4, -0.2) is 21.6 Å². The quantitative estimate of drug-likeness (QED) is 0.886. The highest BCUT2D eigenvalue weighted by molar-refractivity contribution is 9.10. The number of ether oxygens (including phenoxy) is 1. The van der Waals surface area contributed by atoms with Gasteiger partial charge in [-0.1, -0.05) is 11.6 Å². The number of benzene rings is 1. The van der Waals surface area contributed by atoms with E-state index in [-0.39, 0.29) is 11.3 Å². The van der Waals surface area contributed by atoms with Crippen LogP contribution in [0.25, 0.3) is 0 Å². The summed E-state index contributed by atoms with van der Waals surface area (Å²) in [6.07, 6.45) is 0. The predicted molar refractivity (Wildman–Crippen MR) is 78.4 cm³/mol. The van der Waals surface area contributed by atoms with Crippen molar-refractivity contribution in [3.05, 3.63) is 33.0 Å². The van der Waals surface area contributed by atoms with Gasteiger partial charge in [-0.25, -0.2) is 0 Å². The van der Waals surface area contributed by atoms with Gasteiger partial charge in [0.15, 0.2) is 0 Å². The molecule has 0 spiro atoms. The average molecular weight is 364 g/mol. The topological polar surface area (TPSA) is 59.9 Å². The minimum Gasteiger partial charge on any atom is -0.464 e. The smallest absolute Gasteiger partial charge is 0.322 e. The van der Waals surface area contributed by atoms with E-state index in [0.717, 1.165) is 10.2 Å². The Morgan fingerprint density at radius 1 is 1.26 bits per heavy atom. The van der Waals surface area contributed by atoms with E-state index in [4.69, 9.17) is 27.9 Å². The molecule has 0 aliphatic heterocycles. The number of nitrogens with one attached hydrogen (secondary N) is 1. The van der Waals surface area contributed by atoms with Crippen molar-refractivity contribution in [1.29, 1.82) is 0 Å². The molecule has 0 aliphatic rings. The molecule has 0 saturated heterocycles. The van der Waals surface area contributed by atoms with Crippen LogP contribution in [0.1, 0.15) is 6.92 Å². The first-order valence-corrected chi connectivity index (χ1v) is 6.90. The van der Waals surface area contributed by atoms with Gasteiger partial charge in [0.2, 0.25) is 11.2 Å². The minimum absolute atomic E-state index is 0.0639. The third-order valence-corrected chi connectivity index (χ3v) is 3.42. The van der Waals surface area contributed by atoms with E-state index in [0.29, 0.717) is 17.6 Å². The summed E-state index contributed by atoms with van der Waals surface area (Å²) in [5.41, 5.74) is 0.765. The molecule has 0 radical (unpaired) electrons. The zero-order chi connectivity index (χ0) is 13.8. The van der Waals surface area contributed by atoms with Gasteiger partial charge in [0, 0.05) is 10.2 Å². The molecule has 1 N–H and O–H groups in total. The zero-order valence-electron chi connectivity index (χ0n) is 9.82. The van der Waals surface area contributed by atoms with Gasteiger partial charge in [0.25, 0.3) is 0 Å². The van der Waals surface area contributed by atoms with Gasteiger partial charge in [-0.3, -0.25) is 0 Å². The molecular formula is C11H9BrCl2N4O. The van der Waals surface area contributed by atoms with Crippen molar-refractivity contribution in [3.8, 4) is 6.01 Å². The zero-order valence-corrected chi connectivity index (χ0v) is 12.9. The van der Waals surface area contributed by atoms with E-state index >= 15 is 0 Å². The molecule has 0 fully saturated rings. The Morgan fingerprint density at radius 2 is 2.05 bits per heavy atom. The first-order valence-electron chi connectivity index (χ1n) is 5.35. The summed E-state index contributed by atoms with van der Waals surface area (Å²) in [7, 11) is 0. The van der Waals surface area contributed by atoms with E-state index in [2.05, 4.69) is 36.2 Å². The van der Waals surface area contributed by atoms with Crippen LogP contribution < -0.4 is 10.1 Å². The van der Waals surface area contributed by atoms with Crippen LogP contribution in [0.4, 0.5) is 11.6 Å². The molecule has 8 heteroatoms. The Kier molecular flexibility index (Phi) is 4.79. The second-order valence-corrected chi connectivity index (χ2v) is 5.00. The maximum atomic E-state index is 5.92. The maximum Gasteiger partial charge on any atom is 0.322 e. The van der Waals surface area contributed by atoms with E-state index in [1.807, 2.05) is 6.92 Å². The molecule has 2 aromatic rings. The molecule has 1 heterocycles. The van der Waals surface area contributed by atoms with Gasteiger partial charge in [-0.15, -0.1) is 0 Å². The number of nitrogens with zero attached hydrogens (tertiary/aromatic N) is 3. The third kappa shape index (κ3) is 3.92. The molecule has 0 saturated carbocycles. The highest BCUT2D eigenvalue weighted by Gasteiger charge is 2.07. The minimum atomic E-state index is 0.0639. The van der Waals surface area contributed by atoms with Crippen molar-refractivity contribution in [2.45, 2.75) is 6.92 Å². The highest BCUT2D eigenvalue weighted by atomic mass is 79.9. The van der Waals surface area contributed by atoms with Crippen molar-refractivity contribution in [2.24, 2.45) is 0 Å². The lowest BCUT2D eigenvalue weighted by molar-refractivity contribution is 0.312. The lowest BCUT2D eigenvalue weighted by Crippen LogP contribution is -2.03. The van der Waals surface area contributed by atoms with Gasteiger partial charge in [0.05, 0.1) is 11.6 Å². The summed E-state index contributed by atoms with van der Waals surface area (Å²) in [5, 5.41) is 3.68. The molecule has 0 aliphatic carbocycles. The fraction of sp³-hybridized carbons (Fsp3) is 0.182. The second-order valence-electron chi connectivity index (χ2n) is 3.40. The van der Waals surface area contributed by atoms with Crippen LogP contribution in [0.5, 0.6) is 6.01 Å².